The van der Waals surface area contributed by atoms with E-state index in [0.29, 0.717) is 0 Å². The summed E-state index contributed by atoms with van der Waals surface area (Å²) in [6, 6.07) is 0. The fourth-order valence-electron chi connectivity index (χ4n) is 1.87. The van der Waals surface area contributed by atoms with E-state index in [4.69, 9.17) is 0 Å². The molecule has 0 aromatic rings. The summed E-state index contributed by atoms with van der Waals surface area (Å²) in [7, 11) is 0. The molecule has 0 radical (unpaired) electrons. The lowest BCUT2D eigenvalue weighted by molar-refractivity contribution is 0.121. The maximum atomic E-state index is 3.52. The Labute approximate surface area is 145 Å². The minimum Gasteiger partial charge on any atom is -0.0991 e. The van der Waals surface area contributed by atoms with Crippen LogP contribution in [0.2, 0.25) is 0 Å². The largest absolute Gasteiger partial charge is 0.0991 e. The second-order valence-electron chi connectivity index (χ2n) is 4.54. The molecule has 1 fully saturated rings. The summed E-state index contributed by atoms with van der Waals surface area (Å²) in [5.41, 5.74) is 2.10. The van der Waals surface area contributed by atoms with Crippen molar-refractivity contribution in [2.45, 2.75) is 115 Å². The van der Waals surface area contributed by atoms with Crippen molar-refractivity contribution in [3.05, 3.63) is 24.3 Å². The maximum absolute atomic E-state index is 3.52. The highest BCUT2D eigenvalue weighted by Crippen LogP contribution is 2.46. The van der Waals surface area contributed by atoms with Crippen molar-refractivity contribution in [3.8, 4) is 0 Å². The van der Waals surface area contributed by atoms with Crippen LogP contribution in [-0.2, 0) is 0 Å². The summed E-state index contributed by atoms with van der Waals surface area (Å²) in [6.07, 6.45) is 11.1. The van der Waals surface area contributed by atoms with Crippen LogP contribution in [0, 0.1) is 5.41 Å². The molecule has 0 heterocycles. The van der Waals surface area contributed by atoms with E-state index >= 15 is 0 Å². The molecule has 0 aliphatic heterocycles. The van der Waals surface area contributed by atoms with Crippen molar-refractivity contribution in [2.75, 3.05) is 0 Å². The molecule has 0 heteroatoms. The monoisotopic (exact) mass is 314 g/mol. The summed E-state index contributed by atoms with van der Waals surface area (Å²) in [5.74, 6) is 0. The van der Waals surface area contributed by atoms with E-state index in [9.17, 15) is 0 Å². The molecular formula is C22H50. The van der Waals surface area contributed by atoms with Crippen LogP contribution in [0.15, 0.2) is 24.3 Å². The van der Waals surface area contributed by atoms with Crippen LogP contribution in [0.1, 0.15) is 115 Å². The predicted octanol–water partition coefficient (Wildman–Crippen LogP) is 9.22. The Hall–Kier alpha value is -0.520. The Kier molecular flexibility index (Phi) is 48.9. The Balaban J connectivity index is -0.0000000614. The van der Waals surface area contributed by atoms with E-state index in [2.05, 4.69) is 20.4 Å². The molecular weight excluding hydrogens is 264 g/mol. The smallest absolute Gasteiger partial charge is 0.0303 e. The van der Waals surface area contributed by atoms with Crippen LogP contribution < -0.4 is 0 Å². The van der Waals surface area contributed by atoms with Gasteiger partial charge in [-0.05, 0) is 32.1 Å². The van der Waals surface area contributed by atoms with Crippen LogP contribution in [0.25, 0.3) is 0 Å². The average Bonchev–Trinajstić information content (AvgIpc) is 2.56. The lowest BCUT2D eigenvalue weighted by Gasteiger charge is -2.40. The third-order valence-corrected chi connectivity index (χ3v) is 3.37. The van der Waals surface area contributed by atoms with Gasteiger partial charge < -0.3 is 0 Å². The summed E-state index contributed by atoms with van der Waals surface area (Å²) in [6.45, 7) is 28.3. The zero-order chi connectivity index (χ0) is 19.0. The van der Waals surface area contributed by atoms with Gasteiger partial charge in [0.1, 0.15) is 0 Å². The van der Waals surface area contributed by atoms with E-state index in [1.165, 1.54) is 37.7 Å². The van der Waals surface area contributed by atoms with Crippen LogP contribution in [0.5, 0.6) is 0 Å². The molecule has 0 aromatic carbocycles. The van der Waals surface area contributed by atoms with Gasteiger partial charge in [0.15, 0.2) is 0 Å². The van der Waals surface area contributed by atoms with Crippen LogP contribution in [0.4, 0.5) is 0 Å². The van der Waals surface area contributed by atoms with E-state index in [-0.39, 0.29) is 0 Å². The van der Waals surface area contributed by atoms with Gasteiger partial charge in [0, 0.05) is 0 Å². The highest BCUT2D eigenvalue weighted by molar-refractivity contribution is 5.04. The van der Waals surface area contributed by atoms with Crippen molar-refractivity contribution in [1.29, 1.82) is 0 Å². The molecule has 0 unspecified atom stereocenters. The van der Waals surface area contributed by atoms with Crippen LogP contribution in [-0.4, -0.2) is 0 Å². The molecule has 1 saturated carbocycles. The second-order valence-corrected chi connectivity index (χ2v) is 4.54. The van der Waals surface area contributed by atoms with E-state index in [0.717, 1.165) is 5.41 Å². The summed E-state index contributed by atoms with van der Waals surface area (Å²) >= 11 is 0. The fraction of sp³-hybridized carbons (Fsp3) is 0.818. The molecule has 0 aromatic heterocycles. The number of hydrogen-bond donors (Lipinski definition) is 0. The molecule has 1 aliphatic carbocycles. The van der Waals surface area contributed by atoms with Gasteiger partial charge in [0.25, 0.3) is 0 Å². The first-order valence-corrected chi connectivity index (χ1v) is 9.86. The van der Waals surface area contributed by atoms with Gasteiger partial charge in [0.05, 0.1) is 0 Å². The second kappa shape index (κ2) is 32.4. The Morgan fingerprint density at radius 2 is 1.14 bits per heavy atom. The third kappa shape index (κ3) is 24.5. The van der Waals surface area contributed by atoms with Crippen molar-refractivity contribution < 1.29 is 0 Å². The van der Waals surface area contributed by atoms with Gasteiger partial charge in [-0.1, -0.05) is 113 Å². The maximum Gasteiger partial charge on any atom is -0.0303 e. The Bertz CT molecular complexity index is 165. The molecule has 0 atom stereocenters. The number of hydrogen-bond acceptors (Lipinski definition) is 0. The lowest BCUT2D eigenvalue weighted by Crippen LogP contribution is -2.27. The number of rotatable bonds is 3. The molecule has 0 nitrogen and oxygen atoms in total. The van der Waals surface area contributed by atoms with Crippen molar-refractivity contribution >= 4 is 0 Å². The highest BCUT2D eigenvalue weighted by atomic mass is 14.4. The standard InChI is InChI=1S/C8H16.C6H10.4C2H6/c1-3-8(4-2)6-5-7-8;1-4-5-6(2)3;4*1-2/h3-7H2,1-2H3;4-5H,1H2,2-3H3;4*1-2H3. The van der Waals surface area contributed by atoms with Crippen LogP contribution >= 0.6 is 0 Å². The van der Waals surface area contributed by atoms with Crippen molar-refractivity contribution in [2.24, 2.45) is 5.41 Å². The summed E-state index contributed by atoms with van der Waals surface area (Å²) in [5, 5.41) is 0. The van der Waals surface area contributed by atoms with Crippen molar-refractivity contribution in [1.82, 2.24) is 0 Å². The van der Waals surface area contributed by atoms with Crippen molar-refractivity contribution in [3.63, 3.8) is 0 Å². The van der Waals surface area contributed by atoms with Gasteiger partial charge in [0.2, 0.25) is 0 Å². The first-order chi connectivity index (χ1) is 10.6. The fourth-order valence-corrected chi connectivity index (χ4v) is 1.87. The zero-order valence-corrected chi connectivity index (χ0v) is 18.4. The molecule has 0 N–H and O–H groups in total. The first kappa shape index (κ1) is 33.2. The Morgan fingerprint density at radius 3 is 1.14 bits per heavy atom. The first-order valence-electron chi connectivity index (χ1n) is 9.86. The molecule has 0 bridgehead atoms. The highest BCUT2D eigenvalue weighted by Gasteiger charge is 2.32. The quantitative estimate of drug-likeness (QED) is 0.455. The minimum absolute atomic E-state index is 0.806. The van der Waals surface area contributed by atoms with Gasteiger partial charge in [-0.3, -0.25) is 0 Å². The lowest BCUT2D eigenvalue weighted by atomic mass is 9.65. The van der Waals surface area contributed by atoms with Gasteiger partial charge in [-0.2, -0.15) is 0 Å². The minimum atomic E-state index is 0.806. The Morgan fingerprint density at radius 1 is 0.818 bits per heavy atom. The van der Waals surface area contributed by atoms with Gasteiger partial charge >= 0.3 is 0 Å². The molecule has 0 spiro atoms. The molecule has 1 rings (SSSR count). The molecule has 1 aliphatic rings. The molecule has 22 heavy (non-hydrogen) atoms. The topological polar surface area (TPSA) is 0 Å². The average molecular weight is 315 g/mol. The third-order valence-electron chi connectivity index (χ3n) is 3.37. The molecule has 0 saturated heterocycles. The molecule has 138 valence electrons. The summed E-state index contributed by atoms with van der Waals surface area (Å²) < 4.78 is 0. The number of allylic oxidation sites excluding steroid dienone is 3. The van der Waals surface area contributed by atoms with Gasteiger partial charge in [-0.25, -0.2) is 0 Å². The van der Waals surface area contributed by atoms with E-state index < -0.39 is 0 Å². The zero-order valence-electron chi connectivity index (χ0n) is 18.4. The van der Waals surface area contributed by atoms with E-state index in [1.54, 1.807) is 6.08 Å². The summed E-state index contributed by atoms with van der Waals surface area (Å²) in [4.78, 5) is 0. The normalized spacial score (nSPS) is 12.0. The molecule has 0 amide bonds. The van der Waals surface area contributed by atoms with E-state index in [1.807, 2.05) is 75.3 Å². The SMILES string of the molecule is C=CC=C(C)C.CC.CC.CC.CC.CCC1(CC)CCC1. The van der Waals surface area contributed by atoms with Crippen LogP contribution in [0.3, 0.4) is 0 Å². The predicted molar refractivity (Wildman–Crippen MR) is 112 cm³/mol. The van der Waals surface area contributed by atoms with Gasteiger partial charge in [-0.15, -0.1) is 0 Å².